The molecule has 0 spiro atoms. The number of rotatable bonds is 7. The van der Waals surface area contributed by atoms with Crippen LogP contribution in [0.4, 0.5) is 11.7 Å². The Morgan fingerprint density at radius 2 is 1.77 bits per heavy atom. The molecule has 6 nitrogen and oxygen atoms in total. The SMILES string of the molecule is Cc1cc(C(=O)c2ccccc2)ccc1OCc1nnc(Nc2ccccc2Br)o1. The Morgan fingerprint density at radius 1 is 1.00 bits per heavy atom. The Bertz CT molecular complexity index is 1180. The lowest BCUT2D eigenvalue weighted by Crippen LogP contribution is -2.03. The minimum Gasteiger partial charge on any atom is -0.484 e. The highest BCUT2D eigenvalue weighted by atomic mass is 79.9. The number of carbonyl (C=O) groups excluding carboxylic acids is 1. The van der Waals surface area contributed by atoms with E-state index in [0.29, 0.717) is 22.8 Å². The van der Waals surface area contributed by atoms with Crippen molar-refractivity contribution in [3.63, 3.8) is 0 Å². The number of hydrogen-bond donors (Lipinski definition) is 1. The molecule has 0 saturated carbocycles. The van der Waals surface area contributed by atoms with Gasteiger partial charge in [0.25, 0.3) is 5.89 Å². The van der Waals surface area contributed by atoms with Gasteiger partial charge < -0.3 is 14.5 Å². The normalized spacial score (nSPS) is 10.6. The third kappa shape index (κ3) is 4.58. The van der Waals surface area contributed by atoms with E-state index in [9.17, 15) is 4.79 Å². The Labute approximate surface area is 182 Å². The summed E-state index contributed by atoms with van der Waals surface area (Å²) in [7, 11) is 0. The van der Waals surface area contributed by atoms with Crippen LogP contribution >= 0.6 is 15.9 Å². The summed E-state index contributed by atoms with van der Waals surface area (Å²) in [6.07, 6.45) is 0. The fourth-order valence-corrected chi connectivity index (χ4v) is 3.27. The van der Waals surface area contributed by atoms with Crippen molar-refractivity contribution in [1.82, 2.24) is 10.2 Å². The van der Waals surface area contributed by atoms with Crippen LogP contribution in [0.3, 0.4) is 0 Å². The molecule has 0 aliphatic heterocycles. The number of ether oxygens (including phenoxy) is 1. The molecule has 0 bridgehead atoms. The molecule has 4 aromatic rings. The van der Waals surface area contributed by atoms with Crippen molar-refractivity contribution in [2.75, 3.05) is 5.32 Å². The standard InChI is InChI=1S/C23H18BrN3O3/c1-15-13-17(22(28)16-7-3-2-4-8-16)11-12-20(15)29-14-21-26-27-23(30-21)25-19-10-6-5-9-18(19)24/h2-13H,14H2,1H3,(H,25,27). The third-order valence-corrected chi connectivity index (χ3v) is 5.10. The van der Waals surface area contributed by atoms with E-state index in [1.165, 1.54) is 0 Å². The van der Waals surface area contributed by atoms with E-state index in [0.717, 1.165) is 15.7 Å². The largest absolute Gasteiger partial charge is 0.484 e. The third-order valence-electron chi connectivity index (χ3n) is 4.41. The first kappa shape index (κ1) is 19.8. The molecular formula is C23H18BrN3O3. The van der Waals surface area contributed by atoms with E-state index in [4.69, 9.17) is 9.15 Å². The van der Waals surface area contributed by atoms with Crippen LogP contribution in [0.2, 0.25) is 0 Å². The van der Waals surface area contributed by atoms with Gasteiger partial charge in [-0.2, -0.15) is 0 Å². The quantitative estimate of drug-likeness (QED) is 0.354. The minimum absolute atomic E-state index is 0.0232. The molecule has 0 unspecified atom stereocenters. The van der Waals surface area contributed by atoms with E-state index in [-0.39, 0.29) is 18.4 Å². The van der Waals surface area contributed by atoms with Crippen molar-refractivity contribution in [2.45, 2.75) is 13.5 Å². The summed E-state index contributed by atoms with van der Waals surface area (Å²) >= 11 is 3.46. The molecule has 1 N–H and O–H groups in total. The van der Waals surface area contributed by atoms with Crippen molar-refractivity contribution in [3.8, 4) is 5.75 Å². The maximum atomic E-state index is 12.6. The Morgan fingerprint density at radius 3 is 2.53 bits per heavy atom. The van der Waals surface area contributed by atoms with Gasteiger partial charge >= 0.3 is 6.01 Å². The zero-order valence-electron chi connectivity index (χ0n) is 16.1. The summed E-state index contributed by atoms with van der Waals surface area (Å²) in [5.41, 5.74) is 2.94. The van der Waals surface area contributed by atoms with Crippen LogP contribution in [0, 0.1) is 6.92 Å². The Kier molecular flexibility index (Phi) is 5.90. The van der Waals surface area contributed by atoms with Crippen molar-refractivity contribution < 1.29 is 13.9 Å². The molecule has 0 atom stereocenters. The molecular weight excluding hydrogens is 446 g/mol. The van der Waals surface area contributed by atoms with Gasteiger partial charge in [0.05, 0.1) is 5.69 Å². The first-order valence-electron chi connectivity index (χ1n) is 9.27. The molecule has 30 heavy (non-hydrogen) atoms. The van der Waals surface area contributed by atoms with E-state index < -0.39 is 0 Å². The topological polar surface area (TPSA) is 77.2 Å². The van der Waals surface area contributed by atoms with Crippen LogP contribution in [-0.2, 0) is 6.61 Å². The molecule has 0 radical (unpaired) electrons. The van der Waals surface area contributed by atoms with Crippen molar-refractivity contribution in [3.05, 3.63) is 99.9 Å². The number of ketones is 1. The second kappa shape index (κ2) is 8.92. The molecule has 0 aliphatic rings. The van der Waals surface area contributed by atoms with Crippen molar-refractivity contribution >= 4 is 33.4 Å². The molecule has 3 aromatic carbocycles. The highest BCUT2D eigenvalue weighted by Crippen LogP contribution is 2.25. The number of benzene rings is 3. The number of anilines is 2. The molecule has 1 heterocycles. The Hall–Kier alpha value is -3.45. The summed E-state index contributed by atoms with van der Waals surface area (Å²) < 4.78 is 12.3. The number of aromatic nitrogens is 2. The molecule has 7 heteroatoms. The summed E-state index contributed by atoms with van der Waals surface area (Å²) in [6.45, 7) is 2.02. The van der Waals surface area contributed by atoms with E-state index in [1.807, 2.05) is 55.5 Å². The number of para-hydroxylation sites is 1. The molecule has 0 amide bonds. The van der Waals surface area contributed by atoms with E-state index >= 15 is 0 Å². The highest BCUT2D eigenvalue weighted by Gasteiger charge is 2.12. The molecule has 4 rings (SSSR count). The maximum absolute atomic E-state index is 12.6. The number of aryl methyl sites for hydroxylation is 1. The van der Waals surface area contributed by atoms with Crippen LogP contribution < -0.4 is 10.1 Å². The van der Waals surface area contributed by atoms with Gasteiger partial charge in [-0.1, -0.05) is 47.6 Å². The predicted molar refractivity (Wildman–Crippen MR) is 117 cm³/mol. The fraction of sp³-hybridized carbons (Fsp3) is 0.0870. The van der Waals surface area contributed by atoms with E-state index in [2.05, 4.69) is 31.4 Å². The predicted octanol–water partition coefficient (Wildman–Crippen LogP) is 5.69. The minimum atomic E-state index is -0.0232. The molecule has 0 saturated heterocycles. The zero-order valence-corrected chi connectivity index (χ0v) is 17.7. The molecule has 0 aliphatic carbocycles. The number of hydrogen-bond acceptors (Lipinski definition) is 6. The van der Waals surface area contributed by atoms with Gasteiger partial charge in [0.1, 0.15) is 5.75 Å². The number of nitrogens with zero attached hydrogens (tertiary/aromatic N) is 2. The van der Waals surface area contributed by atoms with Gasteiger partial charge in [-0.25, -0.2) is 0 Å². The summed E-state index contributed by atoms with van der Waals surface area (Å²) in [5.74, 6) is 0.969. The molecule has 1 aromatic heterocycles. The van der Waals surface area contributed by atoms with Gasteiger partial charge in [-0.3, -0.25) is 4.79 Å². The molecule has 150 valence electrons. The van der Waals surface area contributed by atoms with Crippen LogP contribution in [0.5, 0.6) is 5.75 Å². The first-order valence-corrected chi connectivity index (χ1v) is 10.1. The average Bonchev–Trinajstić information content (AvgIpc) is 3.22. The average molecular weight is 464 g/mol. The zero-order chi connectivity index (χ0) is 20.9. The van der Waals surface area contributed by atoms with Crippen LogP contribution in [0.15, 0.2) is 81.7 Å². The maximum Gasteiger partial charge on any atom is 0.320 e. The molecule has 0 fully saturated rings. The van der Waals surface area contributed by atoms with Gasteiger partial charge in [0.15, 0.2) is 12.4 Å². The van der Waals surface area contributed by atoms with Gasteiger partial charge in [0.2, 0.25) is 0 Å². The lowest BCUT2D eigenvalue weighted by molar-refractivity contribution is 0.103. The van der Waals surface area contributed by atoms with Crippen LogP contribution in [0.1, 0.15) is 27.4 Å². The number of halogens is 1. The first-order chi connectivity index (χ1) is 14.6. The fourth-order valence-electron chi connectivity index (χ4n) is 2.89. The van der Waals surface area contributed by atoms with Crippen LogP contribution in [-0.4, -0.2) is 16.0 Å². The smallest absolute Gasteiger partial charge is 0.320 e. The monoisotopic (exact) mass is 463 g/mol. The number of carbonyl (C=O) groups is 1. The summed E-state index contributed by atoms with van der Waals surface area (Å²) in [5, 5.41) is 11.0. The van der Waals surface area contributed by atoms with Crippen molar-refractivity contribution in [1.29, 1.82) is 0 Å². The van der Waals surface area contributed by atoms with Gasteiger partial charge in [-0.15, -0.1) is 5.10 Å². The van der Waals surface area contributed by atoms with Crippen LogP contribution in [0.25, 0.3) is 0 Å². The lowest BCUT2D eigenvalue weighted by Gasteiger charge is -2.09. The van der Waals surface area contributed by atoms with Gasteiger partial charge in [0, 0.05) is 15.6 Å². The highest BCUT2D eigenvalue weighted by molar-refractivity contribution is 9.10. The van der Waals surface area contributed by atoms with Gasteiger partial charge in [-0.05, 0) is 58.7 Å². The summed E-state index contributed by atoms with van der Waals surface area (Å²) in [6, 6.07) is 22.5. The lowest BCUT2D eigenvalue weighted by atomic mass is 10.0. The van der Waals surface area contributed by atoms with Crippen molar-refractivity contribution in [2.24, 2.45) is 0 Å². The summed E-state index contributed by atoms with van der Waals surface area (Å²) in [4.78, 5) is 12.6. The second-order valence-electron chi connectivity index (χ2n) is 6.57. The van der Waals surface area contributed by atoms with E-state index in [1.54, 1.807) is 24.3 Å². The second-order valence-corrected chi connectivity index (χ2v) is 7.42. The number of nitrogens with one attached hydrogen (secondary N) is 1. The Balaban J connectivity index is 1.40.